The van der Waals surface area contributed by atoms with Crippen LogP contribution in [-0.4, -0.2) is 33.4 Å². The molecule has 1 amide bonds. The second-order valence-corrected chi connectivity index (χ2v) is 10.2. The zero-order valence-electron chi connectivity index (χ0n) is 21.5. The van der Waals surface area contributed by atoms with Gasteiger partial charge in [0.05, 0.1) is 28.4 Å². The van der Waals surface area contributed by atoms with Gasteiger partial charge in [0, 0.05) is 24.3 Å². The minimum atomic E-state index is -4.36. The van der Waals surface area contributed by atoms with Crippen molar-refractivity contribution in [2.24, 2.45) is 5.73 Å². The number of aromatic nitrogens is 2. The van der Waals surface area contributed by atoms with Gasteiger partial charge in [0.25, 0.3) is 0 Å². The van der Waals surface area contributed by atoms with E-state index in [-0.39, 0.29) is 29.2 Å². The van der Waals surface area contributed by atoms with Crippen LogP contribution in [0.25, 0.3) is 11.3 Å². The van der Waals surface area contributed by atoms with Crippen LogP contribution in [0.5, 0.6) is 0 Å². The van der Waals surface area contributed by atoms with Gasteiger partial charge in [-0.15, -0.1) is 0 Å². The second-order valence-electron chi connectivity index (χ2n) is 9.77. The fourth-order valence-electron chi connectivity index (χ4n) is 4.57. The Bertz CT molecular complexity index is 1270. The molecule has 0 bridgehead atoms. The van der Waals surface area contributed by atoms with Crippen molar-refractivity contribution in [2.45, 2.75) is 58.8 Å². The molecule has 5 nitrogen and oxygen atoms in total. The Morgan fingerprint density at radius 2 is 1.76 bits per heavy atom. The van der Waals surface area contributed by atoms with Crippen LogP contribution < -0.4 is 5.73 Å². The van der Waals surface area contributed by atoms with Crippen molar-refractivity contribution in [1.82, 2.24) is 14.5 Å². The fraction of sp³-hybridized carbons (Fsp3) is 0.407. The van der Waals surface area contributed by atoms with E-state index in [1.165, 1.54) is 24.3 Å². The molecule has 0 aliphatic carbocycles. The standard InChI is InChI=1S/C19H25FN4O.C8H6ClF3/c1-12(2)17-16(13-5-7-14(20)8-6-13)22-18-19(3,4)24(15(25)11-21)10-9-23(17)18;1-5-2-3-7(9)6(4-5)8(10,11)12/h5-8,12H,9-11,21H2,1-4H3;2-4H,1H3. The predicted molar refractivity (Wildman–Crippen MR) is 137 cm³/mol. The first-order chi connectivity index (χ1) is 17.2. The maximum Gasteiger partial charge on any atom is 0.417 e. The third-order valence-corrected chi connectivity index (χ3v) is 6.67. The normalized spacial score (nSPS) is 14.8. The molecular formula is C27H31ClF4N4O. The number of amides is 1. The molecule has 3 aromatic rings. The Kier molecular flexibility index (Phi) is 8.39. The highest BCUT2D eigenvalue weighted by molar-refractivity contribution is 6.31. The van der Waals surface area contributed by atoms with E-state index >= 15 is 0 Å². The molecule has 37 heavy (non-hydrogen) atoms. The number of hydrogen-bond acceptors (Lipinski definition) is 3. The van der Waals surface area contributed by atoms with Crippen molar-refractivity contribution in [1.29, 1.82) is 0 Å². The van der Waals surface area contributed by atoms with Crippen molar-refractivity contribution in [3.63, 3.8) is 0 Å². The molecular weight excluding hydrogens is 508 g/mol. The first-order valence-corrected chi connectivity index (χ1v) is 12.3. The number of carbonyl (C=O) groups excluding carboxylic acids is 1. The molecule has 1 aromatic heterocycles. The van der Waals surface area contributed by atoms with Crippen molar-refractivity contribution in [2.75, 3.05) is 13.1 Å². The molecule has 1 aliphatic heterocycles. The molecule has 0 saturated carbocycles. The van der Waals surface area contributed by atoms with Crippen LogP contribution in [0.3, 0.4) is 0 Å². The highest BCUT2D eigenvalue weighted by atomic mass is 35.5. The lowest BCUT2D eigenvalue weighted by atomic mass is 9.98. The summed E-state index contributed by atoms with van der Waals surface area (Å²) in [5.74, 6) is 0.769. The molecule has 2 aromatic carbocycles. The third kappa shape index (κ3) is 5.99. The van der Waals surface area contributed by atoms with Crippen LogP contribution in [0, 0.1) is 12.7 Å². The molecule has 2 heterocycles. The van der Waals surface area contributed by atoms with Gasteiger partial charge in [-0.3, -0.25) is 4.79 Å². The molecule has 0 fully saturated rings. The molecule has 4 rings (SSSR count). The van der Waals surface area contributed by atoms with Crippen LogP contribution in [-0.2, 0) is 23.1 Å². The number of nitrogens with two attached hydrogens (primary N) is 1. The van der Waals surface area contributed by atoms with Crippen LogP contribution in [0.15, 0.2) is 42.5 Å². The second kappa shape index (κ2) is 10.8. The quantitative estimate of drug-likeness (QED) is 0.386. The number of alkyl halides is 3. The highest BCUT2D eigenvalue weighted by Crippen LogP contribution is 2.38. The number of carbonyl (C=O) groups is 1. The van der Waals surface area contributed by atoms with Gasteiger partial charge in [-0.25, -0.2) is 9.37 Å². The lowest BCUT2D eigenvalue weighted by molar-refractivity contribution is -0.138. The summed E-state index contributed by atoms with van der Waals surface area (Å²) in [7, 11) is 0. The molecule has 0 spiro atoms. The smallest absolute Gasteiger partial charge is 0.327 e. The number of aryl methyl sites for hydroxylation is 1. The Hall–Kier alpha value is -2.91. The van der Waals surface area contributed by atoms with Crippen molar-refractivity contribution < 1.29 is 22.4 Å². The average Bonchev–Trinajstić information content (AvgIpc) is 3.22. The molecule has 0 unspecified atom stereocenters. The minimum Gasteiger partial charge on any atom is -0.327 e. The first kappa shape index (κ1) is 28.7. The van der Waals surface area contributed by atoms with E-state index in [9.17, 15) is 22.4 Å². The lowest BCUT2D eigenvalue weighted by Crippen LogP contribution is -2.53. The molecule has 1 aliphatic rings. The molecule has 0 saturated heterocycles. The Balaban J connectivity index is 0.000000266. The van der Waals surface area contributed by atoms with E-state index in [0.717, 1.165) is 28.8 Å². The van der Waals surface area contributed by atoms with E-state index in [2.05, 4.69) is 18.4 Å². The van der Waals surface area contributed by atoms with Gasteiger partial charge < -0.3 is 15.2 Å². The summed E-state index contributed by atoms with van der Waals surface area (Å²) in [5.41, 5.74) is 7.68. The van der Waals surface area contributed by atoms with E-state index in [0.29, 0.717) is 18.7 Å². The van der Waals surface area contributed by atoms with Gasteiger partial charge in [0.15, 0.2) is 0 Å². The molecule has 0 radical (unpaired) electrons. The van der Waals surface area contributed by atoms with Gasteiger partial charge >= 0.3 is 6.18 Å². The van der Waals surface area contributed by atoms with Gasteiger partial charge in [-0.2, -0.15) is 13.2 Å². The summed E-state index contributed by atoms with van der Waals surface area (Å²) in [6.07, 6.45) is -4.36. The maximum absolute atomic E-state index is 13.3. The Morgan fingerprint density at radius 1 is 1.14 bits per heavy atom. The fourth-order valence-corrected chi connectivity index (χ4v) is 4.79. The molecule has 10 heteroatoms. The summed E-state index contributed by atoms with van der Waals surface area (Å²) in [6.45, 7) is 11.1. The molecule has 2 N–H and O–H groups in total. The SMILES string of the molecule is CC(C)c1c(-c2ccc(F)cc2)nc2n1CCN(C(=O)CN)C2(C)C.Cc1ccc(Cl)c(C(F)(F)F)c1. The monoisotopic (exact) mass is 538 g/mol. The van der Waals surface area contributed by atoms with Crippen molar-refractivity contribution in [3.05, 3.63) is 75.9 Å². The summed E-state index contributed by atoms with van der Waals surface area (Å²) in [5, 5.41) is -0.256. The third-order valence-electron chi connectivity index (χ3n) is 6.34. The van der Waals surface area contributed by atoms with E-state index in [1.807, 2.05) is 13.8 Å². The van der Waals surface area contributed by atoms with Gasteiger partial charge in [-0.1, -0.05) is 37.1 Å². The topological polar surface area (TPSA) is 64.2 Å². The Labute approximate surface area is 219 Å². The number of nitrogens with zero attached hydrogens (tertiary/aromatic N) is 3. The van der Waals surface area contributed by atoms with Crippen LogP contribution in [0.4, 0.5) is 17.6 Å². The van der Waals surface area contributed by atoms with Crippen molar-refractivity contribution >= 4 is 17.5 Å². The van der Waals surface area contributed by atoms with Gasteiger partial charge in [0.2, 0.25) is 5.91 Å². The van der Waals surface area contributed by atoms with Gasteiger partial charge in [-0.05, 0) is 63.1 Å². The summed E-state index contributed by atoms with van der Waals surface area (Å²) in [6, 6.07) is 10.2. The van der Waals surface area contributed by atoms with E-state index in [4.69, 9.17) is 22.3 Å². The van der Waals surface area contributed by atoms with Crippen LogP contribution >= 0.6 is 11.6 Å². The Morgan fingerprint density at radius 3 is 2.27 bits per heavy atom. The lowest BCUT2D eigenvalue weighted by Gasteiger charge is -2.42. The van der Waals surface area contributed by atoms with E-state index < -0.39 is 17.3 Å². The van der Waals surface area contributed by atoms with Crippen LogP contribution in [0.1, 0.15) is 56.3 Å². The van der Waals surface area contributed by atoms with Crippen LogP contribution in [0.2, 0.25) is 5.02 Å². The first-order valence-electron chi connectivity index (χ1n) is 11.9. The predicted octanol–water partition coefficient (Wildman–Crippen LogP) is 6.52. The number of rotatable bonds is 3. The van der Waals surface area contributed by atoms with Gasteiger partial charge in [0.1, 0.15) is 11.6 Å². The summed E-state index contributed by atoms with van der Waals surface area (Å²) >= 11 is 5.36. The largest absolute Gasteiger partial charge is 0.417 e. The number of hydrogen-bond donors (Lipinski definition) is 1. The summed E-state index contributed by atoms with van der Waals surface area (Å²) < 4.78 is 52.0. The minimum absolute atomic E-state index is 0.00794. The van der Waals surface area contributed by atoms with Crippen molar-refractivity contribution in [3.8, 4) is 11.3 Å². The molecule has 200 valence electrons. The molecule has 0 atom stereocenters. The number of benzene rings is 2. The summed E-state index contributed by atoms with van der Waals surface area (Å²) in [4.78, 5) is 18.9. The maximum atomic E-state index is 13.3. The number of halogens is 5. The number of imidazole rings is 1. The highest BCUT2D eigenvalue weighted by Gasteiger charge is 2.41. The van der Waals surface area contributed by atoms with E-state index in [1.54, 1.807) is 24.0 Å². The zero-order valence-corrected chi connectivity index (χ0v) is 22.2. The average molecular weight is 539 g/mol. The number of fused-ring (bicyclic) bond motifs is 1. The zero-order chi connectivity index (χ0) is 27.7.